The van der Waals surface area contributed by atoms with Crippen LogP contribution in [-0.2, 0) is 14.3 Å². The molecule has 1 unspecified atom stereocenters. The van der Waals surface area contributed by atoms with Gasteiger partial charge in [0, 0.05) is 17.2 Å². The third-order valence-corrected chi connectivity index (χ3v) is 5.42. The lowest BCUT2D eigenvalue weighted by Gasteiger charge is -2.25. The molecule has 1 aliphatic heterocycles. The second-order valence-corrected chi connectivity index (χ2v) is 7.63. The number of nitrogens with zero attached hydrogens (tertiary/aromatic N) is 2. The van der Waals surface area contributed by atoms with Crippen molar-refractivity contribution in [1.29, 1.82) is 0 Å². The van der Waals surface area contributed by atoms with Gasteiger partial charge in [-0.05, 0) is 36.3 Å². The molecule has 3 aromatic carbocycles. The normalized spacial score (nSPS) is 15.9. The van der Waals surface area contributed by atoms with E-state index in [0.29, 0.717) is 22.5 Å². The molecule has 6 nitrogen and oxygen atoms in total. The molecule has 2 N–H and O–H groups in total. The summed E-state index contributed by atoms with van der Waals surface area (Å²) in [6, 6.07) is 22.6. The van der Waals surface area contributed by atoms with E-state index in [1.165, 1.54) is 17.0 Å². The molecular formula is C27H24FN3O3. The van der Waals surface area contributed by atoms with Crippen molar-refractivity contribution in [3.63, 3.8) is 0 Å². The van der Waals surface area contributed by atoms with Gasteiger partial charge in [0.25, 0.3) is 5.91 Å². The predicted molar refractivity (Wildman–Crippen MR) is 130 cm³/mol. The topological polar surface area (TPSA) is 85.0 Å². The number of benzodiazepines with no additional fused rings is 1. The highest BCUT2D eigenvalue weighted by molar-refractivity contribution is 6.20. The standard InChI is InChI=1S/C27H24FN3O3/c1-2-34-24(32)16-19(18-10-4-3-5-11-18)17-31-23-15-9-7-13-21(23)25(30-26(29)27(31)33)20-12-6-8-14-22(20)28/h3-16,26H,2,17,29H2,1H3/b19-16-. The number of anilines is 1. The number of halogens is 1. The third-order valence-electron chi connectivity index (χ3n) is 5.42. The van der Waals surface area contributed by atoms with Crippen molar-refractivity contribution in [3.8, 4) is 0 Å². The molecule has 0 aromatic heterocycles. The van der Waals surface area contributed by atoms with Crippen molar-refractivity contribution < 1.29 is 18.7 Å². The zero-order chi connectivity index (χ0) is 24.1. The lowest BCUT2D eigenvalue weighted by Crippen LogP contribution is -2.43. The van der Waals surface area contributed by atoms with Crippen molar-refractivity contribution in [1.82, 2.24) is 0 Å². The summed E-state index contributed by atoms with van der Waals surface area (Å²) in [7, 11) is 0. The van der Waals surface area contributed by atoms with Gasteiger partial charge >= 0.3 is 5.97 Å². The maximum absolute atomic E-state index is 14.7. The second kappa shape index (κ2) is 10.2. The average molecular weight is 458 g/mol. The van der Waals surface area contributed by atoms with Crippen molar-refractivity contribution in [2.24, 2.45) is 10.7 Å². The first-order valence-electron chi connectivity index (χ1n) is 10.9. The molecule has 0 saturated carbocycles. The van der Waals surface area contributed by atoms with E-state index in [9.17, 15) is 14.0 Å². The Morgan fingerprint density at radius 3 is 2.38 bits per heavy atom. The summed E-state index contributed by atoms with van der Waals surface area (Å²) >= 11 is 0. The second-order valence-electron chi connectivity index (χ2n) is 7.63. The van der Waals surface area contributed by atoms with Crippen LogP contribution < -0.4 is 10.6 Å². The molecule has 34 heavy (non-hydrogen) atoms. The van der Waals surface area contributed by atoms with Crippen LogP contribution in [0.3, 0.4) is 0 Å². The summed E-state index contributed by atoms with van der Waals surface area (Å²) in [6.07, 6.45) is 0.130. The van der Waals surface area contributed by atoms with Gasteiger partial charge in [-0.1, -0.05) is 60.7 Å². The Morgan fingerprint density at radius 1 is 1.03 bits per heavy atom. The summed E-state index contributed by atoms with van der Waals surface area (Å²) in [4.78, 5) is 31.6. The fraction of sp³-hybridized carbons (Fsp3) is 0.148. The number of benzene rings is 3. The monoisotopic (exact) mass is 457 g/mol. The van der Waals surface area contributed by atoms with Gasteiger partial charge in [-0.15, -0.1) is 0 Å². The van der Waals surface area contributed by atoms with Crippen molar-refractivity contribution in [3.05, 3.63) is 107 Å². The Labute approximate surface area is 197 Å². The molecule has 0 saturated heterocycles. The number of amides is 1. The summed E-state index contributed by atoms with van der Waals surface area (Å²) in [5, 5.41) is 0. The van der Waals surface area contributed by atoms with Crippen molar-refractivity contribution in [2.75, 3.05) is 18.1 Å². The SMILES string of the molecule is CCOC(=O)/C=C(/CN1C(=O)C(N)N=C(c2ccccc2F)c2ccccc21)c1ccccc1. The number of ether oxygens (including phenoxy) is 1. The predicted octanol–water partition coefficient (Wildman–Crippen LogP) is 3.94. The molecule has 0 aliphatic carbocycles. The summed E-state index contributed by atoms with van der Waals surface area (Å²) in [5.74, 6) is -1.44. The van der Waals surface area contributed by atoms with Crippen LogP contribution in [0.5, 0.6) is 0 Å². The number of para-hydroxylation sites is 1. The van der Waals surface area contributed by atoms with E-state index in [-0.39, 0.29) is 18.7 Å². The van der Waals surface area contributed by atoms with Gasteiger partial charge < -0.3 is 15.4 Å². The molecule has 1 aliphatic rings. The van der Waals surface area contributed by atoms with Gasteiger partial charge in [-0.2, -0.15) is 0 Å². The number of carbonyl (C=O) groups is 2. The highest BCUT2D eigenvalue weighted by Gasteiger charge is 2.31. The zero-order valence-electron chi connectivity index (χ0n) is 18.6. The van der Waals surface area contributed by atoms with E-state index in [2.05, 4.69) is 4.99 Å². The van der Waals surface area contributed by atoms with E-state index in [4.69, 9.17) is 10.5 Å². The molecule has 3 aromatic rings. The smallest absolute Gasteiger partial charge is 0.331 e. The van der Waals surface area contributed by atoms with Gasteiger partial charge in [-0.25, -0.2) is 9.18 Å². The summed E-state index contributed by atoms with van der Waals surface area (Å²) in [5.41, 5.74) is 9.15. The lowest BCUT2D eigenvalue weighted by molar-refractivity contribution is -0.137. The quantitative estimate of drug-likeness (QED) is 0.449. The van der Waals surface area contributed by atoms with Crippen LogP contribution in [0.25, 0.3) is 5.57 Å². The Bertz CT molecular complexity index is 1270. The number of esters is 1. The molecule has 0 bridgehead atoms. The fourth-order valence-corrected chi connectivity index (χ4v) is 3.85. The van der Waals surface area contributed by atoms with E-state index < -0.39 is 23.9 Å². The van der Waals surface area contributed by atoms with E-state index >= 15 is 0 Å². The molecule has 0 fully saturated rings. The Hall–Kier alpha value is -4.10. The Morgan fingerprint density at radius 2 is 1.68 bits per heavy atom. The molecule has 4 rings (SSSR count). The molecule has 1 atom stereocenters. The van der Waals surface area contributed by atoms with Gasteiger partial charge in [0.2, 0.25) is 0 Å². The van der Waals surface area contributed by atoms with Crippen LogP contribution in [-0.4, -0.2) is 36.9 Å². The summed E-state index contributed by atoms with van der Waals surface area (Å²) < 4.78 is 19.8. The molecule has 1 heterocycles. The minimum absolute atomic E-state index is 0.0481. The van der Waals surface area contributed by atoms with Crippen LogP contribution in [0, 0.1) is 5.82 Å². The first-order chi connectivity index (χ1) is 16.5. The Balaban J connectivity index is 1.82. The maximum Gasteiger partial charge on any atom is 0.331 e. The van der Waals surface area contributed by atoms with Crippen molar-refractivity contribution in [2.45, 2.75) is 13.1 Å². The number of nitrogens with two attached hydrogens (primary N) is 1. The molecular weight excluding hydrogens is 433 g/mol. The maximum atomic E-state index is 14.7. The van der Waals surface area contributed by atoms with E-state index in [0.717, 1.165) is 5.56 Å². The minimum atomic E-state index is -1.25. The van der Waals surface area contributed by atoms with Gasteiger partial charge in [0.05, 0.1) is 24.6 Å². The number of fused-ring (bicyclic) bond motifs is 1. The van der Waals surface area contributed by atoms with Gasteiger partial charge in [0.1, 0.15) is 5.82 Å². The highest BCUT2D eigenvalue weighted by Crippen LogP contribution is 2.30. The fourth-order valence-electron chi connectivity index (χ4n) is 3.85. The van der Waals surface area contributed by atoms with E-state index in [1.54, 1.807) is 49.4 Å². The Kier molecular flexibility index (Phi) is 6.94. The van der Waals surface area contributed by atoms with Crippen molar-refractivity contribution >= 4 is 28.8 Å². The largest absolute Gasteiger partial charge is 0.463 e. The molecule has 1 amide bonds. The van der Waals surface area contributed by atoms with Gasteiger partial charge in [-0.3, -0.25) is 9.79 Å². The number of hydrogen-bond donors (Lipinski definition) is 1. The van der Waals surface area contributed by atoms with Crippen LogP contribution in [0.1, 0.15) is 23.6 Å². The number of hydrogen-bond acceptors (Lipinski definition) is 5. The highest BCUT2D eigenvalue weighted by atomic mass is 19.1. The molecule has 172 valence electrons. The van der Waals surface area contributed by atoms with Gasteiger partial charge in [0.15, 0.2) is 6.17 Å². The molecule has 0 spiro atoms. The third kappa shape index (κ3) is 4.79. The first kappa shape index (κ1) is 23.1. The number of carbonyl (C=O) groups excluding carboxylic acids is 2. The molecule has 0 radical (unpaired) electrons. The van der Waals surface area contributed by atoms with Crippen LogP contribution in [0.4, 0.5) is 10.1 Å². The van der Waals surface area contributed by atoms with E-state index in [1.807, 2.05) is 30.3 Å². The van der Waals surface area contributed by atoms with Crippen LogP contribution in [0.2, 0.25) is 0 Å². The average Bonchev–Trinajstić information content (AvgIpc) is 2.95. The number of rotatable bonds is 6. The zero-order valence-corrected chi connectivity index (χ0v) is 18.6. The molecule has 7 heteroatoms. The number of aliphatic imine (C=N–C) groups is 1. The van der Waals surface area contributed by atoms with Crippen LogP contribution >= 0.6 is 0 Å². The first-order valence-corrected chi connectivity index (χ1v) is 10.9. The van der Waals surface area contributed by atoms with Crippen LogP contribution in [0.15, 0.2) is 89.9 Å². The lowest BCUT2D eigenvalue weighted by atomic mass is 9.99. The summed E-state index contributed by atoms with van der Waals surface area (Å²) in [6.45, 7) is 2.00. The minimum Gasteiger partial charge on any atom is -0.463 e.